The third-order valence-corrected chi connectivity index (χ3v) is 5.10. The van der Waals surface area contributed by atoms with Crippen LogP contribution in [-0.4, -0.2) is 50.8 Å². The predicted octanol–water partition coefficient (Wildman–Crippen LogP) is 2.36. The van der Waals surface area contributed by atoms with Gasteiger partial charge in [0.05, 0.1) is 12.7 Å². The van der Waals surface area contributed by atoms with E-state index in [1.165, 1.54) is 0 Å². The average Bonchev–Trinajstić information content (AvgIpc) is 3.23. The monoisotopic (exact) mass is 389 g/mol. The number of rotatable bonds is 5. The van der Waals surface area contributed by atoms with Crippen LogP contribution >= 0.6 is 0 Å². The average molecular weight is 389 g/mol. The summed E-state index contributed by atoms with van der Waals surface area (Å²) in [6.07, 6.45) is 3.14. The summed E-state index contributed by atoms with van der Waals surface area (Å²) in [5, 5.41) is 11.2. The molecule has 7 nitrogen and oxygen atoms in total. The van der Waals surface area contributed by atoms with Crippen molar-refractivity contribution in [2.75, 3.05) is 13.1 Å². The van der Waals surface area contributed by atoms with Gasteiger partial charge in [0.25, 0.3) is 11.8 Å². The molecule has 148 valence electrons. The molecule has 2 amide bonds. The smallest absolute Gasteiger partial charge is 0.276 e. The molecule has 7 heteroatoms. The summed E-state index contributed by atoms with van der Waals surface area (Å²) >= 11 is 0. The van der Waals surface area contributed by atoms with E-state index in [1.54, 1.807) is 27.9 Å². The fourth-order valence-electron chi connectivity index (χ4n) is 3.49. The van der Waals surface area contributed by atoms with Crippen LogP contribution < -0.4 is 5.32 Å². The Labute approximate surface area is 169 Å². The third kappa shape index (κ3) is 4.68. The number of piperidine rings is 1. The zero-order valence-corrected chi connectivity index (χ0v) is 16.1. The molecule has 1 aliphatic heterocycles. The molecule has 3 aromatic rings. The maximum Gasteiger partial charge on any atom is 0.276 e. The molecule has 0 atom stereocenters. The summed E-state index contributed by atoms with van der Waals surface area (Å²) < 4.78 is 1.68. The van der Waals surface area contributed by atoms with Crippen molar-refractivity contribution in [3.05, 3.63) is 83.7 Å². The Morgan fingerprint density at radius 1 is 0.966 bits per heavy atom. The molecule has 0 aliphatic carbocycles. The van der Waals surface area contributed by atoms with Crippen molar-refractivity contribution >= 4 is 11.8 Å². The van der Waals surface area contributed by atoms with Crippen molar-refractivity contribution in [2.24, 2.45) is 0 Å². The van der Waals surface area contributed by atoms with E-state index in [9.17, 15) is 9.59 Å². The Morgan fingerprint density at radius 3 is 2.31 bits per heavy atom. The molecule has 2 heterocycles. The van der Waals surface area contributed by atoms with E-state index >= 15 is 0 Å². The fraction of sp³-hybridized carbons (Fsp3) is 0.273. The van der Waals surface area contributed by atoms with Crippen molar-refractivity contribution in [3.8, 4) is 0 Å². The molecular weight excluding hydrogens is 366 g/mol. The highest BCUT2D eigenvalue weighted by Crippen LogP contribution is 2.14. The quantitative estimate of drug-likeness (QED) is 0.726. The number of benzene rings is 2. The molecule has 0 bridgehead atoms. The van der Waals surface area contributed by atoms with Gasteiger partial charge in [0.15, 0.2) is 5.69 Å². The van der Waals surface area contributed by atoms with E-state index in [4.69, 9.17) is 0 Å². The minimum Gasteiger partial charge on any atom is -0.349 e. The molecule has 0 spiro atoms. The van der Waals surface area contributed by atoms with Crippen LogP contribution in [0.1, 0.15) is 39.3 Å². The van der Waals surface area contributed by atoms with Crippen molar-refractivity contribution in [1.82, 2.24) is 25.2 Å². The number of aromatic nitrogens is 3. The minimum atomic E-state index is -0.114. The van der Waals surface area contributed by atoms with Gasteiger partial charge in [0.1, 0.15) is 0 Å². The van der Waals surface area contributed by atoms with Crippen LogP contribution in [0.15, 0.2) is 66.9 Å². The number of carbonyl (C=O) groups is 2. The SMILES string of the molecule is O=C(NC1CCN(C(=O)c2cn(Cc3ccccc3)nn2)CC1)c1ccccc1. The Balaban J connectivity index is 1.29. The molecule has 1 aromatic heterocycles. The molecule has 0 saturated carbocycles. The molecule has 1 saturated heterocycles. The Kier molecular flexibility index (Phi) is 5.65. The van der Waals surface area contributed by atoms with Crippen LogP contribution in [0, 0.1) is 0 Å². The van der Waals surface area contributed by atoms with E-state index in [0.29, 0.717) is 30.9 Å². The van der Waals surface area contributed by atoms with E-state index in [2.05, 4.69) is 15.6 Å². The summed E-state index contributed by atoms with van der Waals surface area (Å²) in [6, 6.07) is 19.2. The lowest BCUT2D eigenvalue weighted by Crippen LogP contribution is -2.46. The third-order valence-electron chi connectivity index (χ3n) is 5.10. The van der Waals surface area contributed by atoms with Crippen LogP contribution in [0.25, 0.3) is 0 Å². The zero-order valence-electron chi connectivity index (χ0n) is 16.1. The van der Waals surface area contributed by atoms with Crippen molar-refractivity contribution in [1.29, 1.82) is 0 Å². The number of nitrogens with one attached hydrogen (secondary N) is 1. The lowest BCUT2D eigenvalue weighted by Gasteiger charge is -2.31. The van der Waals surface area contributed by atoms with Gasteiger partial charge < -0.3 is 10.2 Å². The van der Waals surface area contributed by atoms with Gasteiger partial charge in [-0.15, -0.1) is 5.10 Å². The van der Waals surface area contributed by atoms with Crippen LogP contribution in [0.2, 0.25) is 0 Å². The number of amides is 2. The maximum atomic E-state index is 12.7. The van der Waals surface area contributed by atoms with Crippen molar-refractivity contribution in [3.63, 3.8) is 0 Å². The van der Waals surface area contributed by atoms with Gasteiger partial charge in [-0.25, -0.2) is 4.68 Å². The molecule has 1 fully saturated rings. The first-order chi connectivity index (χ1) is 14.2. The molecule has 2 aromatic carbocycles. The van der Waals surface area contributed by atoms with Gasteiger partial charge in [0.2, 0.25) is 0 Å². The number of nitrogens with zero attached hydrogens (tertiary/aromatic N) is 4. The number of hydrogen-bond acceptors (Lipinski definition) is 4. The van der Waals surface area contributed by atoms with Gasteiger partial charge in [-0.1, -0.05) is 53.7 Å². The highest BCUT2D eigenvalue weighted by molar-refractivity contribution is 5.94. The predicted molar refractivity (Wildman–Crippen MR) is 108 cm³/mol. The van der Waals surface area contributed by atoms with Gasteiger partial charge in [-0.3, -0.25) is 9.59 Å². The summed E-state index contributed by atoms with van der Waals surface area (Å²) in [5.74, 6) is -0.184. The summed E-state index contributed by atoms with van der Waals surface area (Å²) in [6.45, 7) is 1.75. The topological polar surface area (TPSA) is 80.1 Å². The standard InChI is InChI=1S/C22H23N5O2/c28-21(18-9-5-2-6-10-18)23-19-11-13-26(14-12-19)22(29)20-16-27(25-24-20)15-17-7-3-1-4-8-17/h1-10,16,19H,11-15H2,(H,23,28). The highest BCUT2D eigenvalue weighted by Gasteiger charge is 2.26. The molecular formula is C22H23N5O2. The fourth-order valence-corrected chi connectivity index (χ4v) is 3.49. The summed E-state index contributed by atoms with van der Waals surface area (Å²) in [7, 11) is 0. The van der Waals surface area contributed by atoms with Gasteiger partial charge >= 0.3 is 0 Å². The molecule has 4 rings (SSSR count). The van der Waals surface area contributed by atoms with Crippen molar-refractivity contribution in [2.45, 2.75) is 25.4 Å². The number of hydrogen-bond donors (Lipinski definition) is 1. The lowest BCUT2D eigenvalue weighted by atomic mass is 10.0. The van der Waals surface area contributed by atoms with E-state index in [-0.39, 0.29) is 17.9 Å². The first-order valence-electron chi connectivity index (χ1n) is 9.78. The minimum absolute atomic E-state index is 0.0699. The van der Waals surface area contributed by atoms with Crippen LogP contribution in [0.3, 0.4) is 0 Å². The van der Waals surface area contributed by atoms with Gasteiger partial charge in [-0.2, -0.15) is 0 Å². The Hall–Kier alpha value is -3.48. The Morgan fingerprint density at radius 2 is 1.62 bits per heavy atom. The lowest BCUT2D eigenvalue weighted by molar-refractivity contribution is 0.0692. The van der Waals surface area contributed by atoms with Crippen LogP contribution in [-0.2, 0) is 6.54 Å². The maximum absolute atomic E-state index is 12.7. The normalized spacial score (nSPS) is 14.6. The first kappa shape index (κ1) is 18.9. The first-order valence-corrected chi connectivity index (χ1v) is 9.78. The van der Waals surface area contributed by atoms with Crippen LogP contribution in [0.5, 0.6) is 0 Å². The molecule has 0 unspecified atom stereocenters. The van der Waals surface area contributed by atoms with E-state index in [1.807, 2.05) is 48.5 Å². The number of likely N-dealkylation sites (tertiary alicyclic amines) is 1. The van der Waals surface area contributed by atoms with Crippen molar-refractivity contribution < 1.29 is 9.59 Å². The molecule has 0 radical (unpaired) electrons. The summed E-state index contributed by atoms with van der Waals surface area (Å²) in [4.78, 5) is 26.8. The van der Waals surface area contributed by atoms with Gasteiger partial charge in [0, 0.05) is 24.7 Å². The van der Waals surface area contributed by atoms with E-state index in [0.717, 1.165) is 18.4 Å². The Bertz CT molecular complexity index is 963. The largest absolute Gasteiger partial charge is 0.349 e. The van der Waals surface area contributed by atoms with Crippen LogP contribution in [0.4, 0.5) is 0 Å². The second-order valence-electron chi connectivity index (χ2n) is 7.19. The zero-order chi connectivity index (χ0) is 20.1. The van der Waals surface area contributed by atoms with Gasteiger partial charge in [-0.05, 0) is 30.5 Å². The number of carbonyl (C=O) groups excluding carboxylic acids is 2. The molecule has 1 N–H and O–H groups in total. The van der Waals surface area contributed by atoms with E-state index < -0.39 is 0 Å². The molecule has 1 aliphatic rings. The second-order valence-corrected chi connectivity index (χ2v) is 7.19. The molecule has 29 heavy (non-hydrogen) atoms. The second kappa shape index (κ2) is 8.68. The highest BCUT2D eigenvalue weighted by atomic mass is 16.2. The summed E-state index contributed by atoms with van der Waals surface area (Å²) in [5.41, 5.74) is 2.11.